The quantitative estimate of drug-likeness (QED) is 0.793. The van der Waals surface area contributed by atoms with E-state index in [2.05, 4.69) is 17.0 Å². The lowest BCUT2D eigenvalue weighted by molar-refractivity contribution is 0.0962. The van der Waals surface area contributed by atoms with Crippen LogP contribution in [0.1, 0.15) is 41.3 Å². The minimum absolute atomic E-state index is 0.0618. The summed E-state index contributed by atoms with van der Waals surface area (Å²) in [5.74, 6) is -0.310. The van der Waals surface area contributed by atoms with Crippen molar-refractivity contribution in [3.05, 3.63) is 59.2 Å². The monoisotopic (exact) mass is 360 g/mol. The molecule has 0 aliphatic rings. The van der Waals surface area contributed by atoms with E-state index in [-0.39, 0.29) is 10.8 Å². The van der Waals surface area contributed by atoms with Gasteiger partial charge >= 0.3 is 0 Å². The number of carbonyl (C=O) groups excluding carboxylic acids is 1. The molecule has 1 amide bonds. The number of amides is 1. The van der Waals surface area contributed by atoms with E-state index in [1.54, 1.807) is 25.1 Å². The maximum Gasteiger partial charge on any atom is 0.261 e. The third kappa shape index (κ3) is 4.82. The van der Waals surface area contributed by atoms with Crippen molar-refractivity contribution in [2.75, 3.05) is 11.8 Å². The van der Waals surface area contributed by atoms with Gasteiger partial charge in [-0.25, -0.2) is 8.42 Å². The molecule has 0 fully saturated rings. The van der Waals surface area contributed by atoms with Crippen molar-refractivity contribution in [2.45, 2.75) is 38.0 Å². The summed E-state index contributed by atoms with van der Waals surface area (Å²) in [6, 6.07) is 11.9. The smallest absolute Gasteiger partial charge is 0.261 e. The lowest BCUT2D eigenvalue weighted by Crippen LogP contribution is -2.20. The molecule has 134 valence electrons. The summed E-state index contributed by atoms with van der Waals surface area (Å²) in [6.45, 7) is 3.90. The molecule has 2 aromatic carbocycles. The lowest BCUT2D eigenvalue weighted by atomic mass is 10.1. The van der Waals surface area contributed by atoms with Crippen molar-refractivity contribution >= 4 is 21.6 Å². The average molecular weight is 360 g/mol. The van der Waals surface area contributed by atoms with Gasteiger partial charge in [-0.2, -0.15) is 0 Å². The van der Waals surface area contributed by atoms with Crippen molar-refractivity contribution in [2.24, 2.45) is 0 Å². The second kappa shape index (κ2) is 8.16. The van der Waals surface area contributed by atoms with Gasteiger partial charge in [0.15, 0.2) is 0 Å². The maximum absolute atomic E-state index is 12.6. The normalized spacial score (nSPS) is 11.2. The molecule has 25 heavy (non-hydrogen) atoms. The molecule has 5 nitrogen and oxygen atoms in total. The highest BCUT2D eigenvalue weighted by atomic mass is 32.2. The van der Waals surface area contributed by atoms with Crippen LogP contribution in [0.15, 0.2) is 47.4 Å². The number of hydrogen-bond acceptors (Lipinski definition) is 3. The van der Waals surface area contributed by atoms with E-state index in [1.165, 1.54) is 24.7 Å². The molecule has 0 saturated heterocycles. The minimum atomic E-state index is -3.75. The Balaban J connectivity index is 2.23. The Hall–Kier alpha value is -2.34. The zero-order chi connectivity index (χ0) is 18.4. The predicted molar refractivity (Wildman–Crippen MR) is 100 cm³/mol. The molecule has 6 heteroatoms. The Bertz CT molecular complexity index is 843. The van der Waals surface area contributed by atoms with Crippen molar-refractivity contribution in [1.29, 1.82) is 0 Å². The highest BCUT2D eigenvalue weighted by molar-refractivity contribution is 7.92. The first-order valence-electron chi connectivity index (χ1n) is 8.32. The van der Waals surface area contributed by atoms with Gasteiger partial charge in [0.2, 0.25) is 0 Å². The number of sulfonamides is 1. The van der Waals surface area contributed by atoms with Gasteiger partial charge in [0.25, 0.3) is 15.9 Å². The lowest BCUT2D eigenvalue weighted by Gasteiger charge is -2.11. The fourth-order valence-electron chi connectivity index (χ4n) is 2.48. The SMILES string of the molecule is CCCCc1ccc(NS(=O)(=O)c2ccc(C)c(C(=O)NC)c2)cc1. The van der Waals surface area contributed by atoms with Crippen LogP contribution in [-0.2, 0) is 16.4 Å². The summed E-state index contributed by atoms with van der Waals surface area (Å²) in [7, 11) is -2.24. The molecular weight excluding hydrogens is 336 g/mol. The van der Waals surface area contributed by atoms with Crippen LogP contribution in [0.5, 0.6) is 0 Å². The van der Waals surface area contributed by atoms with Crippen LogP contribution < -0.4 is 10.0 Å². The summed E-state index contributed by atoms with van der Waals surface area (Å²) < 4.78 is 27.7. The number of nitrogens with one attached hydrogen (secondary N) is 2. The second-order valence-electron chi connectivity index (χ2n) is 5.96. The van der Waals surface area contributed by atoms with Crippen molar-refractivity contribution in [3.8, 4) is 0 Å². The number of anilines is 1. The molecular formula is C19H24N2O3S. The fourth-order valence-corrected chi connectivity index (χ4v) is 3.57. The highest BCUT2D eigenvalue weighted by Gasteiger charge is 2.17. The van der Waals surface area contributed by atoms with E-state index in [4.69, 9.17) is 0 Å². The maximum atomic E-state index is 12.6. The fraction of sp³-hybridized carbons (Fsp3) is 0.316. The molecule has 0 heterocycles. The molecule has 0 aromatic heterocycles. The van der Waals surface area contributed by atoms with E-state index in [9.17, 15) is 13.2 Å². The molecule has 0 radical (unpaired) electrons. The Morgan fingerprint density at radius 3 is 2.36 bits per heavy atom. The first kappa shape index (κ1) is 19.0. The Morgan fingerprint density at radius 1 is 1.08 bits per heavy atom. The van der Waals surface area contributed by atoms with Crippen LogP contribution in [0.3, 0.4) is 0 Å². The van der Waals surface area contributed by atoms with Crippen molar-refractivity contribution in [3.63, 3.8) is 0 Å². The molecule has 0 bridgehead atoms. The van der Waals surface area contributed by atoms with Gasteiger partial charge in [-0.15, -0.1) is 0 Å². The second-order valence-corrected chi connectivity index (χ2v) is 7.64. The number of hydrogen-bond donors (Lipinski definition) is 2. The van der Waals surface area contributed by atoms with Gasteiger partial charge in [0.1, 0.15) is 0 Å². The van der Waals surface area contributed by atoms with Crippen LogP contribution in [0, 0.1) is 6.92 Å². The van der Waals surface area contributed by atoms with Gasteiger partial charge in [-0.3, -0.25) is 9.52 Å². The molecule has 0 atom stereocenters. The zero-order valence-corrected chi connectivity index (χ0v) is 15.6. The molecule has 0 spiro atoms. The molecule has 2 N–H and O–H groups in total. The topological polar surface area (TPSA) is 75.3 Å². The van der Waals surface area contributed by atoms with E-state index >= 15 is 0 Å². The number of aryl methyl sites for hydroxylation is 2. The van der Waals surface area contributed by atoms with Crippen molar-refractivity contribution in [1.82, 2.24) is 5.32 Å². The highest BCUT2D eigenvalue weighted by Crippen LogP contribution is 2.20. The minimum Gasteiger partial charge on any atom is -0.355 e. The molecule has 0 saturated carbocycles. The first-order chi connectivity index (χ1) is 11.9. The van der Waals surface area contributed by atoms with Gasteiger partial charge in [0, 0.05) is 18.3 Å². The molecule has 0 aliphatic heterocycles. The van der Waals surface area contributed by atoms with E-state index in [0.29, 0.717) is 11.3 Å². The number of unbranched alkanes of at least 4 members (excludes halogenated alkanes) is 1. The Kier molecular flexibility index (Phi) is 6.20. The third-order valence-electron chi connectivity index (χ3n) is 4.02. The number of benzene rings is 2. The average Bonchev–Trinajstić information content (AvgIpc) is 2.60. The third-order valence-corrected chi connectivity index (χ3v) is 5.40. The molecule has 2 rings (SSSR count). The van der Waals surface area contributed by atoms with Crippen LogP contribution in [0.2, 0.25) is 0 Å². The van der Waals surface area contributed by atoms with E-state index in [0.717, 1.165) is 24.8 Å². The van der Waals surface area contributed by atoms with Gasteiger partial charge < -0.3 is 5.32 Å². The number of carbonyl (C=O) groups is 1. The number of rotatable bonds is 7. The van der Waals surface area contributed by atoms with Crippen LogP contribution in [0.25, 0.3) is 0 Å². The van der Waals surface area contributed by atoms with E-state index in [1.807, 2.05) is 12.1 Å². The van der Waals surface area contributed by atoms with Crippen molar-refractivity contribution < 1.29 is 13.2 Å². The molecule has 0 unspecified atom stereocenters. The van der Waals surface area contributed by atoms with E-state index < -0.39 is 10.0 Å². The molecule has 0 aliphatic carbocycles. The summed E-state index contributed by atoms with van der Waals surface area (Å²) in [4.78, 5) is 11.9. The Morgan fingerprint density at radius 2 is 1.76 bits per heavy atom. The van der Waals surface area contributed by atoms with Gasteiger partial charge in [-0.05, 0) is 55.2 Å². The van der Waals surface area contributed by atoms with Crippen LogP contribution >= 0.6 is 0 Å². The molecule has 2 aromatic rings. The zero-order valence-electron chi connectivity index (χ0n) is 14.8. The largest absolute Gasteiger partial charge is 0.355 e. The summed E-state index contributed by atoms with van der Waals surface area (Å²) >= 11 is 0. The predicted octanol–water partition coefficient (Wildman–Crippen LogP) is 3.50. The Labute approximate surface area is 149 Å². The van der Waals surface area contributed by atoms with Crippen LogP contribution in [-0.4, -0.2) is 21.4 Å². The summed E-state index contributed by atoms with van der Waals surface area (Å²) in [5.41, 5.74) is 2.75. The van der Waals surface area contributed by atoms with Gasteiger partial charge in [0.05, 0.1) is 4.90 Å². The standard InChI is InChI=1S/C19H24N2O3S/c1-4-5-6-15-8-10-16(11-9-15)21-25(23,24)17-12-7-14(2)18(13-17)19(22)20-3/h7-13,21H,4-6H2,1-3H3,(H,20,22). The summed E-state index contributed by atoms with van der Waals surface area (Å²) in [5, 5.41) is 2.52. The van der Waals surface area contributed by atoms with Crippen LogP contribution in [0.4, 0.5) is 5.69 Å². The summed E-state index contributed by atoms with van der Waals surface area (Å²) in [6.07, 6.45) is 3.21. The first-order valence-corrected chi connectivity index (χ1v) is 9.80. The van der Waals surface area contributed by atoms with Gasteiger partial charge in [-0.1, -0.05) is 31.5 Å².